The number of hydrogen-bond donors (Lipinski definition) is 1. The first-order valence-corrected chi connectivity index (χ1v) is 4.19. The highest BCUT2D eigenvalue weighted by Crippen LogP contribution is 2.16. The first kappa shape index (κ1) is 11.0. The van der Waals surface area contributed by atoms with Gasteiger partial charge >= 0.3 is 0 Å². The molecule has 1 rings (SSSR count). The van der Waals surface area contributed by atoms with E-state index in [9.17, 15) is 4.39 Å². The number of rotatable bonds is 1. The van der Waals surface area contributed by atoms with E-state index in [1.165, 1.54) is 6.92 Å². The van der Waals surface area contributed by atoms with E-state index in [0.717, 1.165) is 0 Å². The molecule has 0 heterocycles. The molecule has 0 aliphatic carbocycles. The normalized spacial score (nSPS) is 11.3. The number of hydrogen-bond acceptors (Lipinski definition) is 1. The molecule has 1 aromatic carbocycles. The van der Waals surface area contributed by atoms with Crippen molar-refractivity contribution in [2.45, 2.75) is 26.9 Å². The summed E-state index contributed by atoms with van der Waals surface area (Å²) in [6.07, 6.45) is -0.902. The van der Waals surface area contributed by atoms with Crippen molar-refractivity contribution in [3.05, 3.63) is 29.8 Å². The van der Waals surface area contributed by atoms with Crippen molar-refractivity contribution in [2.75, 3.05) is 5.73 Å². The number of benzene rings is 1. The van der Waals surface area contributed by atoms with Crippen LogP contribution in [0.4, 0.5) is 10.1 Å². The smallest absolute Gasteiger partial charge is 0.122 e. The van der Waals surface area contributed by atoms with Gasteiger partial charge in [0.05, 0.1) is 0 Å². The highest BCUT2D eigenvalue weighted by Gasteiger charge is 1.99. The average molecular weight is 169 g/mol. The zero-order valence-electron chi connectivity index (χ0n) is 7.84. The van der Waals surface area contributed by atoms with Crippen molar-refractivity contribution >= 4 is 5.69 Å². The zero-order chi connectivity index (χ0) is 9.56. The lowest BCUT2D eigenvalue weighted by Gasteiger charge is -2.00. The molecule has 0 saturated heterocycles. The van der Waals surface area contributed by atoms with E-state index in [1.54, 1.807) is 24.3 Å². The monoisotopic (exact) mass is 169 g/mol. The molecule has 0 aromatic heterocycles. The summed E-state index contributed by atoms with van der Waals surface area (Å²) in [5.74, 6) is 0. The van der Waals surface area contributed by atoms with Gasteiger partial charge in [0.15, 0.2) is 0 Å². The number of halogens is 1. The zero-order valence-corrected chi connectivity index (χ0v) is 7.84. The van der Waals surface area contributed by atoms with Crippen molar-refractivity contribution in [2.24, 2.45) is 0 Å². The third kappa shape index (κ3) is 3.37. The predicted molar refractivity (Wildman–Crippen MR) is 51.7 cm³/mol. The van der Waals surface area contributed by atoms with E-state index < -0.39 is 6.17 Å². The van der Waals surface area contributed by atoms with Gasteiger partial charge in [-0.05, 0) is 24.6 Å². The van der Waals surface area contributed by atoms with Gasteiger partial charge in [0.25, 0.3) is 0 Å². The van der Waals surface area contributed by atoms with Crippen LogP contribution < -0.4 is 5.73 Å². The molecule has 1 aromatic rings. The van der Waals surface area contributed by atoms with Crippen LogP contribution in [0.3, 0.4) is 0 Å². The van der Waals surface area contributed by atoms with Crippen LogP contribution >= 0.6 is 0 Å². The van der Waals surface area contributed by atoms with E-state index in [0.29, 0.717) is 11.3 Å². The molecular weight excluding hydrogens is 153 g/mol. The number of alkyl halides is 1. The number of nitrogen functional groups attached to an aromatic ring is 1. The molecule has 0 saturated carbocycles. The Labute approximate surface area is 73.4 Å². The maximum atomic E-state index is 12.5. The van der Waals surface area contributed by atoms with Crippen molar-refractivity contribution < 1.29 is 4.39 Å². The predicted octanol–water partition coefficient (Wildman–Crippen LogP) is 3.33. The van der Waals surface area contributed by atoms with Gasteiger partial charge in [-0.25, -0.2) is 4.39 Å². The lowest BCUT2D eigenvalue weighted by atomic mass is 10.1. The second-order valence-corrected chi connectivity index (χ2v) is 2.28. The van der Waals surface area contributed by atoms with Crippen molar-refractivity contribution in [1.29, 1.82) is 0 Å². The Kier molecular flexibility index (Phi) is 5.09. The topological polar surface area (TPSA) is 26.0 Å². The van der Waals surface area contributed by atoms with Gasteiger partial charge < -0.3 is 5.73 Å². The lowest BCUT2D eigenvalue weighted by Crippen LogP contribution is -1.87. The van der Waals surface area contributed by atoms with Gasteiger partial charge in [-0.1, -0.05) is 26.0 Å². The Bertz CT molecular complexity index is 204. The quantitative estimate of drug-likeness (QED) is 0.641. The Morgan fingerprint density at radius 1 is 1.17 bits per heavy atom. The van der Waals surface area contributed by atoms with Gasteiger partial charge in [-0.15, -0.1) is 0 Å². The largest absolute Gasteiger partial charge is 0.399 e. The van der Waals surface area contributed by atoms with Gasteiger partial charge in [0.2, 0.25) is 0 Å². The van der Waals surface area contributed by atoms with E-state index in [-0.39, 0.29) is 0 Å². The minimum Gasteiger partial charge on any atom is -0.399 e. The molecule has 0 fully saturated rings. The summed E-state index contributed by atoms with van der Waals surface area (Å²) < 4.78 is 12.5. The van der Waals surface area contributed by atoms with Crippen LogP contribution in [0.1, 0.15) is 32.5 Å². The lowest BCUT2D eigenvalue weighted by molar-refractivity contribution is 0.374. The summed E-state index contributed by atoms with van der Waals surface area (Å²) in [7, 11) is 0. The number of anilines is 1. The van der Waals surface area contributed by atoms with Gasteiger partial charge in [-0.3, -0.25) is 0 Å². The van der Waals surface area contributed by atoms with Crippen molar-refractivity contribution in [3.8, 4) is 0 Å². The molecule has 2 heteroatoms. The van der Waals surface area contributed by atoms with Crippen LogP contribution in [0.5, 0.6) is 0 Å². The third-order valence-electron chi connectivity index (χ3n) is 1.40. The van der Waals surface area contributed by atoms with Gasteiger partial charge in [0, 0.05) is 5.69 Å². The molecule has 12 heavy (non-hydrogen) atoms. The maximum Gasteiger partial charge on any atom is 0.122 e. The molecular formula is C10H16FN. The van der Waals surface area contributed by atoms with E-state index >= 15 is 0 Å². The molecule has 68 valence electrons. The molecule has 0 bridgehead atoms. The highest BCUT2D eigenvalue weighted by atomic mass is 19.1. The fraction of sp³-hybridized carbons (Fsp3) is 0.400. The first-order valence-electron chi connectivity index (χ1n) is 4.19. The molecule has 1 unspecified atom stereocenters. The van der Waals surface area contributed by atoms with E-state index in [4.69, 9.17) is 5.73 Å². The van der Waals surface area contributed by atoms with E-state index in [1.807, 2.05) is 13.8 Å². The molecule has 1 atom stereocenters. The molecule has 0 aliphatic rings. The Morgan fingerprint density at radius 3 is 1.92 bits per heavy atom. The molecule has 0 radical (unpaired) electrons. The second-order valence-electron chi connectivity index (χ2n) is 2.28. The SMILES string of the molecule is CC.CC(F)c1ccc(N)cc1. The van der Waals surface area contributed by atoms with Crippen LogP contribution in [0.25, 0.3) is 0 Å². The maximum absolute atomic E-state index is 12.5. The summed E-state index contributed by atoms with van der Waals surface area (Å²) in [6.45, 7) is 5.51. The summed E-state index contributed by atoms with van der Waals surface area (Å²) in [5.41, 5.74) is 6.75. The summed E-state index contributed by atoms with van der Waals surface area (Å²) >= 11 is 0. The number of nitrogens with two attached hydrogens (primary N) is 1. The van der Waals surface area contributed by atoms with E-state index in [2.05, 4.69) is 0 Å². The molecule has 2 N–H and O–H groups in total. The van der Waals surface area contributed by atoms with Crippen LogP contribution in [0.15, 0.2) is 24.3 Å². The Balaban J connectivity index is 0.000000561. The van der Waals surface area contributed by atoms with Gasteiger partial charge in [-0.2, -0.15) is 0 Å². The summed E-state index contributed by atoms with van der Waals surface area (Å²) in [5, 5.41) is 0. The first-order chi connectivity index (χ1) is 5.70. The minimum absolute atomic E-state index is 0.671. The molecule has 0 aliphatic heterocycles. The third-order valence-corrected chi connectivity index (χ3v) is 1.40. The van der Waals surface area contributed by atoms with Gasteiger partial charge in [0.1, 0.15) is 6.17 Å². The van der Waals surface area contributed by atoms with Crippen LogP contribution in [0.2, 0.25) is 0 Å². The Morgan fingerprint density at radius 2 is 1.58 bits per heavy atom. The van der Waals surface area contributed by atoms with Crippen LogP contribution in [-0.2, 0) is 0 Å². The fourth-order valence-electron chi connectivity index (χ4n) is 0.761. The van der Waals surface area contributed by atoms with Crippen molar-refractivity contribution in [1.82, 2.24) is 0 Å². The van der Waals surface area contributed by atoms with Crippen LogP contribution in [-0.4, -0.2) is 0 Å². The molecule has 0 amide bonds. The Hall–Kier alpha value is -1.05. The molecule has 1 nitrogen and oxygen atoms in total. The minimum atomic E-state index is -0.902. The fourth-order valence-corrected chi connectivity index (χ4v) is 0.761. The average Bonchev–Trinajstić information content (AvgIpc) is 2.09. The molecule has 0 spiro atoms. The highest BCUT2D eigenvalue weighted by molar-refractivity contribution is 5.39. The summed E-state index contributed by atoms with van der Waals surface area (Å²) in [6, 6.07) is 6.79. The second kappa shape index (κ2) is 5.58. The van der Waals surface area contributed by atoms with Crippen LogP contribution in [0, 0.1) is 0 Å². The van der Waals surface area contributed by atoms with Crippen molar-refractivity contribution in [3.63, 3.8) is 0 Å². The standard InChI is InChI=1S/C8H10FN.C2H6/c1-6(9)7-2-4-8(10)5-3-7;1-2/h2-6H,10H2,1H3;1-2H3. The summed E-state index contributed by atoms with van der Waals surface area (Å²) in [4.78, 5) is 0.